The highest BCUT2D eigenvalue weighted by atomic mass is 35.5. The average molecular weight is 455 g/mol. The van der Waals surface area contributed by atoms with Crippen LogP contribution in [0.2, 0.25) is 10.0 Å². The number of carbonyl (C=O) groups is 2. The Labute approximate surface area is 192 Å². The van der Waals surface area contributed by atoms with Gasteiger partial charge in [0.05, 0.1) is 23.6 Å². The van der Waals surface area contributed by atoms with Gasteiger partial charge in [0.2, 0.25) is 5.91 Å². The first-order chi connectivity index (χ1) is 15.0. The molecule has 3 rings (SSSR count). The number of hydrogen-bond donors (Lipinski definition) is 1. The monoisotopic (exact) mass is 454 g/mol. The molecular formula is C25H24Cl2N2O2. The van der Waals surface area contributed by atoms with Gasteiger partial charge in [0.25, 0.3) is 5.91 Å². The van der Waals surface area contributed by atoms with Gasteiger partial charge < -0.3 is 10.2 Å². The molecule has 0 radical (unpaired) electrons. The summed E-state index contributed by atoms with van der Waals surface area (Å²) in [6, 6.07) is 22.0. The summed E-state index contributed by atoms with van der Waals surface area (Å²) in [5, 5.41) is 3.65. The third-order valence-electron chi connectivity index (χ3n) is 4.78. The summed E-state index contributed by atoms with van der Waals surface area (Å²) in [4.78, 5) is 27.1. The Morgan fingerprint density at radius 3 is 2.26 bits per heavy atom. The van der Waals surface area contributed by atoms with Crippen LogP contribution in [0.5, 0.6) is 0 Å². The van der Waals surface area contributed by atoms with E-state index in [-0.39, 0.29) is 11.8 Å². The molecule has 0 bridgehead atoms. The SMILES string of the molecule is CCCNC(=O)Cc1ccc(N(Cc2ccccc2)C(=O)c2ccc(Cl)cc2Cl)cc1. The van der Waals surface area contributed by atoms with Gasteiger partial charge in [-0.25, -0.2) is 0 Å². The molecule has 0 unspecified atom stereocenters. The van der Waals surface area contributed by atoms with E-state index in [0.29, 0.717) is 35.1 Å². The average Bonchev–Trinajstić information content (AvgIpc) is 2.77. The van der Waals surface area contributed by atoms with Crippen molar-refractivity contribution < 1.29 is 9.59 Å². The molecule has 0 saturated heterocycles. The van der Waals surface area contributed by atoms with Crippen molar-refractivity contribution in [1.82, 2.24) is 5.32 Å². The van der Waals surface area contributed by atoms with Crippen molar-refractivity contribution in [3.05, 3.63) is 99.5 Å². The Kier molecular flexibility index (Phi) is 8.10. The van der Waals surface area contributed by atoms with Gasteiger partial charge in [-0.2, -0.15) is 0 Å². The molecule has 3 aromatic rings. The molecule has 0 aliphatic heterocycles. The van der Waals surface area contributed by atoms with Crippen LogP contribution < -0.4 is 10.2 Å². The first kappa shape index (κ1) is 22.9. The van der Waals surface area contributed by atoms with Crippen LogP contribution in [-0.2, 0) is 17.8 Å². The Hall–Kier alpha value is -2.82. The number of anilines is 1. The third-order valence-corrected chi connectivity index (χ3v) is 5.32. The number of nitrogens with one attached hydrogen (secondary N) is 1. The van der Waals surface area contributed by atoms with Crippen LogP contribution in [-0.4, -0.2) is 18.4 Å². The zero-order valence-corrected chi connectivity index (χ0v) is 18.8. The number of hydrogen-bond acceptors (Lipinski definition) is 2. The van der Waals surface area contributed by atoms with Crippen molar-refractivity contribution in [2.75, 3.05) is 11.4 Å². The smallest absolute Gasteiger partial charge is 0.260 e. The number of benzene rings is 3. The predicted octanol–water partition coefficient (Wildman–Crippen LogP) is 5.91. The number of carbonyl (C=O) groups excluding carboxylic acids is 2. The highest BCUT2D eigenvalue weighted by molar-refractivity contribution is 6.37. The van der Waals surface area contributed by atoms with Crippen LogP contribution in [0.3, 0.4) is 0 Å². The minimum atomic E-state index is -0.223. The lowest BCUT2D eigenvalue weighted by atomic mass is 10.1. The number of nitrogens with zero attached hydrogens (tertiary/aromatic N) is 1. The van der Waals surface area contributed by atoms with Crippen molar-refractivity contribution in [2.45, 2.75) is 26.3 Å². The van der Waals surface area contributed by atoms with Gasteiger partial charge in [-0.3, -0.25) is 9.59 Å². The van der Waals surface area contributed by atoms with Gasteiger partial charge in [-0.15, -0.1) is 0 Å². The van der Waals surface area contributed by atoms with E-state index in [1.54, 1.807) is 23.1 Å². The van der Waals surface area contributed by atoms with Gasteiger partial charge in [-0.1, -0.05) is 72.6 Å². The molecule has 0 fully saturated rings. The van der Waals surface area contributed by atoms with Gasteiger partial charge in [0.15, 0.2) is 0 Å². The Morgan fingerprint density at radius 1 is 0.903 bits per heavy atom. The van der Waals surface area contributed by atoms with Crippen LogP contribution in [0.25, 0.3) is 0 Å². The molecule has 4 nitrogen and oxygen atoms in total. The fraction of sp³-hybridized carbons (Fsp3) is 0.200. The second-order valence-electron chi connectivity index (χ2n) is 7.19. The van der Waals surface area contributed by atoms with E-state index >= 15 is 0 Å². The zero-order chi connectivity index (χ0) is 22.2. The van der Waals surface area contributed by atoms with Crippen LogP contribution >= 0.6 is 23.2 Å². The van der Waals surface area contributed by atoms with Crippen LogP contribution in [0.1, 0.15) is 34.8 Å². The summed E-state index contributed by atoms with van der Waals surface area (Å²) >= 11 is 12.3. The summed E-state index contributed by atoms with van der Waals surface area (Å²) in [6.45, 7) is 3.06. The van der Waals surface area contributed by atoms with Crippen molar-refractivity contribution in [3.8, 4) is 0 Å². The van der Waals surface area contributed by atoms with Crippen molar-refractivity contribution in [3.63, 3.8) is 0 Å². The molecule has 31 heavy (non-hydrogen) atoms. The van der Waals surface area contributed by atoms with Crippen molar-refractivity contribution in [1.29, 1.82) is 0 Å². The quantitative estimate of drug-likeness (QED) is 0.459. The van der Waals surface area contributed by atoms with Crippen LogP contribution in [0.15, 0.2) is 72.8 Å². The second-order valence-corrected chi connectivity index (χ2v) is 8.04. The molecule has 0 atom stereocenters. The predicted molar refractivity (Wildman–Crippen MR) is 127 cm³/mol. The second kappa shape index (κ2) is 11.0. The fourth-order valence-electron chi connectivity index (χ4n) is 3.16. The molecule has 160 valence electrons. The normalized spacial score (nSPS) is 10.5. The lowest BCUT2D eigenvalue weighted by Gasteiger charge is -2.24. The minimum Gasteiger partial charge on any atom is -0.356 e. The van der Waals surface area contributed by atoms with Crippen molar-refractivity contribution >= 4 is 40.7 Å². The highest BCUT2D eigenvalue weighted by Gasteiger charge is 2.21. The number of amides is 2. The van der Waals surface area contributed by atoms with E-state index in [9.17, 15) is 9.59 Å². The Bertz CT molecular complexity index is 1040. The minimum absolute atomic E-state index is 0.0141. The zero-order valence-electron chi connectivity index (χ0n) is 17.3. The maximum atomic E-state index is 13.4. The number of halogens is 2. The first-order valence-corrected chi connectivity index (χ1v) is 10.9. The summed E-state index contributed by atoms with van der Waals surface area (Å²) in [6.07, 6.45) is 1.20. The molecule has 0 aromatic heterocycles. The topological polar surface area (TPSA) is 49.4 Å². The molecule has 1 N–H and O–H groups in total. The van der Waals surface area contributed by atoms with Gasteiger partial charge >= 0.3 is 0 Å². The van der Waals surface area contributed by atoms with Gasteiger partial charge in [-0.05, 0) is 47.9 Å². The lowest BCUT2D eigenvalue weighted by molar-refractivity contribution is -0.120. The van der Waals surface area contributed by atoms with E-state index in [2.05, 4.69) is 5.32 Å². The van der Waals surface area contributed by atoms with E-state index < -0.39 is 0 Å². The Balaban J connectivity index is 1.87. The molecule has 6 heteroatoms. The number of rotatable bonds is 8. The summed E-state index contributed by atoms with van der Waals surface area (Å²) in [5.41, 5.74) is 2.97. The molecule has 2 amide bonds. The lowest BCUT2D eigenvalue weighted by Crippen LogP contribution is -2.30. The largest absolute Gasteiger partial charge is 0.356 e. The third kappa shape index (κ3) is 6.33. The van der Waals surface area contributed by atoms with Crippen molar-refractivity contribution in [2.24, 2.45) is 0 Å². The molecule has 3 aromatic carbocycles. The van der Waals surface area contributed by atoms with E-state index in [1.807, 2.05) is 61.5 Å². The summed E-state index contributed by atoms with van der Waals surface area (Å²) in [7, 11) is 0. The molecule has 0 heterocycles. The van der Waals surface area contributed by atoms with E-state index in [1.165, 1.54) is 0 Å². The van der Waals surface area contributed by atoms with Gasteiger partial charge in [0, 0.05) is 17.3 Å². The van der Waals surface area contributed by atoms with E-state index in [0.717, 1.165) is 23.2 Å². The molecule has 0 aliphatic rings. The van der Waals surface area contributed by atoms with Crippen LogP contribution in [0, 0.1) is 0 Å². The Morgan fingerprint density at radius 2 is 1.61 bits per heavy atom. The summed E-state index contributed by atoms with van der Waals surface area (Å²) in [5.74, 6) is -0.237. The first-order valence-electron chi connectivity index (χ1n) is 10.1. The standard InChI is InChI=1S/C25H24Cl2N2O2/c1-2-14-28-24(30)15-18-8-11-21(12-9-18)29(17-19-6-4-3-5-7-19)25(31)22-13-10-20(26)16-23(22)27/h3-13,16H,2,14-15,17H2,1H3,(H,28,30). The van der Waals surface area contributed by atoms with Crippen LogP contribution in [0.4, 0.5) is 5.69 Å². The summed E-state index contributed by atoms with van der Waals surface area (Å²) < 4.78 is 0. The molecule has 0 saturated carbocycles. The molecular weight excluding hydrogens is 431 g/mol. The fourth-order valence-corrected chi connectivity index (χ4v) is 3.65. The van der Waals surface area contributed by atoms with E-state index in [4.69, 9.17) is 23.2 Å². The molecule has 0 aliphatic carbocycles. The maximum absolute atomic E-state index is 13.4. The van der Waals surface area contributed by atoms with Gasteiger partial charge in [0.1, 0.15) is 0 Å². The molecule has 0 spiro atoms. The highest BCUT2D eigenvalue weighted by Crippen LogP contribution is 2.26. The maximum Gasteiger partial charge on any atom is 0.260 e.